The minimum Gasteiger partial charge on any atom is -0.310 e. The van der Waals surface area contributed by atoms with Crippen molar-refractivity contribution in [1.82, 2.24) is 4.57 Å². The van der Waals surface area contributed by atoms with E-state index in [0.29, 0.717) is 0 Å². The molecule has 0 fully saturated rings. The number of hydrogen-bond acceptors (Lipinski definition) is 1. The number of para-hydroxylation sites is 2. The second kappa shape index (κ2) is 13.7. The molecule has 2 aliphatic carbocycles. The van der Waals surface area contributed by atoms with Gasteiger partial charge in [0.1, 0.15) is 0 Å². The lowest BCUT2D eigenvalue weighted by Crippen LogP contribution is -2.33. The van der Waals surface area contributed by atoms with Crippen LogP contribution in [0.1, 0.15) is 76.6 Å². The van der Waals surface area contributed by atoms with Crippen LogP contribution in [0.4, 0.5) is 17.1 Å². The molecule has 0 radical (unpaired) electrons. The summed E-state index contributed by atoms with van der Waals surface area (Å²) in [7, 11) is 0. The van der Waals surface area contributed by atoms with E-state index in [9.17, 15) is 0 Å². The number of aromatic nitrogens is 1. The first-order valence-electron chi connectivity index (χ1n) is 22.0. The molecule has 0 saturated carbocycles. The van der Waals surface area contributed by atoms with Crippen LogP contribution in [0.15, 0.2) is 182 Å². The van der Waals surface area contributed by atoms with Crippen molar-refractivity contribution in [3.05, 3.63) is 204 Å². The molecule has 1 heterocycles. The van der Waals surface area contributed by atoms with Crippen LogP contribution in [0.5, 0.6) is 0 Å². The van der Waals surface area contributed by atoms with Crippen LogP contribution in [0, 0.1) is 0 Å². The third-order valence-electron chi connectivity index (χ3n) is 14.2. The van der Waals surface area contributed by atoms with E-state index in [1.807, 2.05) is 0 Å². The highest BCUT2D eigenvalue weighted by Crippen LogP contribution is 2.52. The van der Waals surface area contributed by atoms with Gasteiger partial charge in [-0.25, -0.2) is 0 Å². The van der Waals surface area contributed by atoms with Crippen molar-refractivity contribution in [1.29, 1.82) is 0 Å². The van der Waals surface area contributed by atoms with Gasteiger partial charge in [-0.2, -0.15) is 0 Å². The molecule has 0 N–H and O–H groups in total. The van der Waals surface area contributed by atoms with Crippen LogP contribution in [0.25, 0.3) is 60.9 Å². The van der Waals surface area contributed by atoms with Crippen LogP contribution in [0.3, 0.4) is 0 Å². The molecule has 2 heteroatoms. The summed E-state index contributed by atoms with van der Waals surface area (Å²) in [5, 5.41) is 2.58. The van der Waals surface area contributed by atoms with Crippen LogP contribution in [-0.2, 0) is 16.2 Å². The zero-order chi connectivity index (χ0) is 41.7. The van der Waals surface area contributed by atoms with Crippen molar-refractivity contribution in [3.63, 3.8) is 0 Å². The Labute approximate surface area is 360 Å². The standard InChI is InChI=1S/C59H52N2/c1-57(2)32-33-58(3,4)54-38-46(27-31-51(54)57)61-55-23-14-13-22-49(55)50-29-25-42(36-56(50)61)41-24-28-47-48-30-26-45(37-53(48)59(5,6)52(47)35-41)60(43-19-11-8-12-20-43)44-21-15-18-40(34-44)39-16-9-7-10-17-39/h7-31,34-38H,32-33H2,1-6H3. The molecule has 9 aromatic rings. The Balaban J connectivity index is 1.00. The summed E-state index contributed by atoms with van der Waals surface area (Å²) in [5.74, 6) is 0. The largest absolute Gasteiger partial charge is 0.310 e. The first-order chi connectivity index (χ1) is 29.5. The minimum absolute atomic E-state index is 0.133. The Morgan fingerprint density at radius 3 is 1.74 bits per heavy atom. The maximum Gasteiger partial charge on any atom is 0.0547 e. The monoisotopic (exact) mass is 788 g/mol. The Hall–Kier alpha value is -6.64. The molecule has 11 rings (SSSR count). The Morgan fingerprint density at radius 2 is 0.951 bits per heavy atom. The van der Waals surface area contributed by atoms with Crippen molar-refractivity contribution >= 4 is 38.9 Å². The van der Waals surface area contributed by atoms with Gasteiger partial charge >= 0.3 is 0 Å². The van der Waals surface area contributed by atoms with Gasteiger partial charge in [0.05, 0.1) is 11.0 Å². The number of hydrogen-bond donors (Lipinski definition) is 0. The topological polar surface area (TPSA) is 8.17 Å². The summed E-state index contributed by atoms with van der Waals surface area (Å²) in [6.45, 7) is 14.5. The third kappa shape index (κ3) is 5.98. The highest BCUT2D eigenvalue weighted by atomic mass is 15.1. The molecule has 1 aromatic heterocycles. The molecule has 0 bridgehead atoms. The lowest BCUT2D eigenvalue weighted by Gasteiger charge is -2.42. The molecule has 0 aliphatic heterocycles. The molecule has 61 heavy (non-hydrogen) atoms. The van der Waals surface area contributed by atoms with Crippen molar-refractivity contribution in [2.45, 2.75) is 70.6 Å². The van der Waals surface area contributed by atoms with Gasteiger partial charge in [0, 0.05) is 38.9 Å². The fourth-order valence-corrected chi connectivity index (χ4v) is 10.7. The first kappa shape index (κ1) is 37.4. The Kier molecular flexibility index (Phi) is 8.39. The quantitative estimate of drug-likeness (QED) is 0.163. The van der Waals surface area contributed by atoms with Gasteiger partial charge in [0.2, 0.25) is 0 Å². The van der Waals surface area contributed by atoms with Gasteiger partial charge < -0.3 is 9.47 Å². The molecular formula is C59H52N2. The van der Waals surface area contributed by atoms with Crippen molar-refractivity contribution in [2.75, 3.05) is 4.90 Å². The molecular weight excluding hydrogens is 737 g/mol. The highest BCUT2D eigenvalue weighted by Gasteiger charge is 2.38. The van der Waals surface area contributed by atoms with E-state index in [0.717, 1.165) is 17.1 Å². The lowest BCUT2D eigenvalue weighted by molar-refractivity contribution is 0.332. The van der Waals surface area contributed by atoms with E-state index >= 15 is 0 Å². The highest BCUT2D eigenvalue weighted by molar-refractivity contribution is 6.10. The van der Waals surface area contributed by atoms with Gasteiger partial charge in [0.15, 0.2) is 0 Å². The maximum atomic E-state index is 2.51. The summed E-state index contributed by atoms with van der Waals surface area (Å²) in [4.78, 5) is 2.40. The molecule has 8 aromatic carbocycles. The lowest BCUT2D eigenvalue weighted by atomic mass is 9.63. The van der Waals surface area contributed by atoms with E-state index in [2.05, 4.69) is 233 Å². The number of rotatable bonds is 6. The van der Waals surface area contributed by atoms with Crippen LogP contribution in [0.2, 0.25) is 0 Å². The van der Waals surface area contributed by atoms with E-state index in [1.54, 1.807) is 0 Å². The summed E-state index contributed by atoms with van der Waals surface area (Å²) in [5.41, 5.74) is 20.5. The van der Waals surface area contributed by atoms with Crippen molar-refractivity contribution in [2.24, 2.45) is 0 Å². The minimum atomic E-state index is -0.201. The normalized spacial score (nSPS) is 15.6. The summed E-state index contributed by atoms with van der Waals surface area (Å²) in [6.07, 6.45) is 2.41. The number of anilines is 3. The summed E-state index contributed by atoms with van der Waals surface area (Å²) >= 11 is 0. The predicted molar refractivity (Wildman–Crippen MR) is 259 cm³/mol. The van der Waals surface area contributed by atoms with Crippen LogP contribution >= 0.6 is 0 Å². The second-order valence-electron chi connectivity index (χ2n) is 19.3. The van der Waals surface area contributed by atoms with Crippen molar-refractivity contribution in [3.8, 4) is 39.1 Å². The Morgan fingerprint density at radius 1 is 0.377 bits per heavy atom. The molecule has 0 spiro atoms. The van der Waals surface area contributed by atoms with Gasteiger partial charge in [0.25, 0.3) is 0 Å². The average Bonchev–Trinajstić information content (AvgIpc) is 3.73. The van der Waals surface area contributed by atoms with Gasteiger partial charge in [-0.05, 0) is 146 Å². The second-order valence-corrected chi connectivity index (χ2v) is 19.3. The number of benzene rings is 8. The van der Waals surface area contributed by atoms with Gasteiger partial charge in [-0.15, -0.1) is 0 Å². The van der Waals surface area contributed by atoms with E-state index < -0.39 is 0 Å². The fraction of sp³-hybridized carbons (Fsp3) is 0.186. The smallest absolute Gasteiger partial charge is 0.0547 e. The summed E-state index contributed by atoms with van der Waals surface area (Å²) < 4.78 is 2.51. The third-order valence-corrected chi connectivity index (χ3v) is 14.2. The molecule has 0 amide bonds. The SMILES string of the molecule is CC1(C)CCC(C)(C)c2cc(-n3c4ccccc4c4ccc(-c5ccc6c(c5)C(C)(C)c5cc(N(c7ccccc7)c7cccc(-c8ccccc8)c7)ccc5-6)cc43)ccc21. The van der Waals surface area contributed by atoms with Gasteiger partial charge in [-0.3, -0.25) is 0 Å². The first-order valence-corrected chi connectivity index (χ1v) is 22.0. The molecule has 2 aliphatic rings. The Bertz CT molecular complexity index is 3160. The molecule has 0 atom stereocenters. The predicted octanol–water partition coefficient (Wildman–Crippen LogP) is 16.2. The van der Waals surface area contributed by atoms with E-state index in [4.69, 9.17) is 0 Å². The fourth-order valence-electron chi connectivity index (χ4n) is 10.7. The number of nitrogens with zero attached hydrogens (tertiary/aromatic N) is 2. The summed E-state index contributed by atoms with van der Waals surface area (Å²) in [6, 6.07) is 67.9. The van der Waals surface area contributed by atoms with E-state index in [1.165, 1.54) is 96.0 Å². The zero-order valence-electron chi connectivity index (χ0n) is 36.1. The van der Waals surface area contributed by atoms with Crippen molar-refractivity contribution < 1.29 is 0 Å². The molecule has 0 saturated heterocycles. The maximum absolute atomic E-state index is 2.51. The zero-order valence-corrected chi connectivity index (χ0v) is 36.1. The van der Waals surface area contributed by atoms with Crippen LogP contribution in [-0.4, -0.2) is 4.57 Å². The molecule has 298 valence electrons. The number of fused-ring (bicyclic) bond motifs is 7. The molecule has 0 unspecified atom stereocenters. The molecule has 2 nitrogen and oxygen atoms in total. The van der Waals surface area contributed by atoms with E-state index in [-0.39, 0.29) is 16.2 Å². The van der Waals surface area contributed by atoms with Crippen LogP contribution < -0.4 is 4.90 Å². The average molecular weight is 789 g/mol. The van der Waals surface area contributed by atoms with Gasteiger partial charge in [-0.1, -0.05) is 157 Å².